The summed E-state index contributed by atoms with van der Waals surface area (Å²) >= 11 is 0. The van der Waals surface area contributed by atoms with Crippen molar-refractivity contribution in [3.8, 4) is 0 Å². The van der Waals surface area contributed by atoms with Gasteiger partial charge >= 0.3 is 0 Å². The number of hydrogen-bond donors (Lipinski definition) is 1. The van der Waals surface area contributed by atoms with Crippen molar-refractivity contribution in [3.63, 3.8) is 0 Å². The van der Waals surface area contributed by atoms with E-state index in [-0.39, 0.29) is 0 Å². The first-order chi connectivity index (χ1) is 9.54. The van der Waals surface area contributed by atoms with Gasteiger partial charge in [-0.25, -0.2) is 0 Å². The molecule has 0 heterocycles. The largest absolute Gasteiger partial charge is 0.513 e. The fourth-order valence-electron chi connectivity index (χ4n) is 3.51. The van der Waals surface area contributed by atoms with E-state index in [1.54, 1.807) is 0 Å². The molecule has 0 amide bonds. The molecule has 0 spiro atoms. The summed E-state index contributed by atoms with van der Waals surface area (Å²) in [6.07, 6.45) is 6.94. The molecule has 0 radical (unpaired) electrons. The molecule has 0 aromatic heterocycles. The third-order valence-corrected chi connectivity index (χ3v) is 4.40. The van der Waals surface area contributed by atoms with Crippen LogP contribution >= 0.6 is 0 Å². The molecule has 1 fully saturated rings. The van der Waals surface area contributed by atoms with Crippen LogP contribution in [0, 0.1) is 11.8 Å². The van der Waals surface area contributed by atoms with Crippen molar-refractivity contribution >= 4 is 0 Å². The molecule has 1 aromatic carbocycles. The van der Waals surface area contributed by atoms with E-state index in [1.807, 2.05) is 0 Å². The summed E-state index contributed by atoms with van der Waals surface area (Å²) in [6.45, 7) is 8.17. The first-order valence-electron chi connectivity index (χ1n) is 8.00. The number of allylic oxidation sites excluding steroid dienone is 1. The zero-order chi connectivity index (χ0) is 14.5. The van der Waals surface area contributed by atoms with Crippen LogP contribution in [-0.4, -0.2) is 5.11 Å². The molecule has 0 bridgehead atoms. The fraction of sp³-hybridized carbons (Fsp3) is 0.579. The molecular formula is C19H28O. The Bertz CT molecular complexity index is 430. The first kappa shape index (κ1) is 15.2. The van der Waals surface area contributed by atoms with E-state index >= 15 is 0 Å². The smallest absolute Gasteiger partial charge is 0.0853 e. The number of rotatable bonds is 5. The Balaban J connectivity index is 1.98. The molecule has 20 heavy (non-hydrogen) atoms. The van der Waals surface area contributed by atoms with Crippen LogP contribution in [0.25, 0.3) is 0 Å². The third kappa shape index (κ3) is 4.40. The molecule has 2 atom stereocenters. The maximum atomic E-state index is 9.39. The van der Waals surface area contributed by atoms with Gasteiger partial charge in [-0.3, -0.25) is 0 Å². The summed E-state index contributed by atoms with van der Waals surface area (Å²) in [6, 6.07) is 9.23. The van der Waals surface area contributed by atoms with E-state index in [1.165, 1.54) is 36.8 Å². The Morgan fingerprint density at radius 1 is 1.25 bits per heavy atom. The van der Waals surface area contributed by atoms with Gasteiger partial charge in [-0.1, -0.05) is 51.1 Å². The third-order valence-electron chi connectivity index (χ3n) is 4.40. The molecule has 1 heteroatoms. The number of aliphatic hydroxyl groups is 1. The minimum atomic E-state index is 0.350. The lowest BCUT2D eigenvalue weighted by Gasteiger charge is -2.29. The minimum absolute atomic E-state index is 0.350. The Morgan fingerprint density at radius 2 is 1.95 bits per heavy atom. The Labute approximate surface area is 123 Å². The van der Waals surface area contributed by atoms with Gasteiger partial charge in [0.2, 0.25) is 0 Å². The molecule has 110 valence electrons. The standard InChI is InChI=1S/C19H28O/c1-14(2)11-16-7-9-18(10-8-16)19-6-4-5-17(13-19)12-15(3)20/h7-10,14,17,19-20H,3-6,11-13H2,1-2H3. The zero-order valence-corrected chi connectivity index (χ0v) is 12.9. The lowest BCUT2D eigenvalue weighted by molar-refractivity contribution is 0.278. The molecule has 1 aliphatic rings. The van der Waals surface area contributed by atoms with E-state index in [4.69, 9.17) is 0 Å². The summed E-state index contributed by atoms with van der Waals surface area (Å²) in [5.74, 6) is 2.35. The van der Waals surface area contributed by atoms with Gasteiger partial charge in [0, 0.05) is 6.42 Å². The van der Waals surface area contributed by atoms with Crippen molar-refractivity contribution in [2.45, 2.75) is 58.3 Å². The average molecular weight is 272 g/mol. The zero-order valence-electron chi connectivity index (χ0n) is 12.9. The molecule has 0 saturated heterocycles. The number of hydrogen-bond acceptors (Lipinski definition) is 1. The second kappa shape index (κ2) is 6.97. The van der Waals surface area contributed by atoms with Crippen LogP contribution < -0.4 is 0 Å². The van der Waals surface area contributed by atoms with Gasteiger partial charge in [0.15, 0.2) is 0 Å². The van der Waals surface area contributed by atoms with Crippen molar-refractivity contribution in [1.82, 2.24) is 0 Å². The highest BCUT2D eigenvalue weighted by molar-refractivity contribution is 5.26. The Hall–Kier alpha value is -1.24. The topological polar surface area (TPSA) is 20.2 Å². The van der Waals surface area contributed by atoms with Crippen LogP contribution in [0.2, 0.25) is 0 Å². The van der Waals surface area contributed by atoms with Gasteiger partial charge in [0.05, 0.1) is 5.76 Å². The lowest BCUT2D eigenvalue weighted by Crippen LogP contribution is -2.14. The second-order valence-corrected chi connectivity index (χ2v) is 6.84. The average Bonchev–Trinajstić information content (AvgIpc) is 2.38. The molecule has 0 aliphatic heterocycles. The highest BCUT2D eigenvalue weighted by Gasteiger charge is 2.23. The van der Waals surface area contributed by atoms with Crippen LogP contribution in [0.3, 0.4) is 0 Å². The Morgan fingerprint density at radius 3 is 2.55 bits per heavy atom. The van der Waals surface area contributed by atoms with Gasteiger partial charge in [0.25, 0.3) is 0 Å². The molecular weight excluding hydrogens is 244 g/mol. The van der Waals surface area contributed by atoms with Crippen LogP contribution in [0.5, 0.6) is 0 Å². The van der Waals surface area contributed by atoms with Crippen molar-refractivity contribution < 1.29 is 5.11 Å². The monoisotopic (exact) mass is 272 g/mol. The molecule has 1 saturated carbocycles. The maximum Gasteiger partial charge on any atom is 0.0853 e. The van der Waals surface area contributed by atoms with Crippen LogP contribution in [-0.2, 0) is 6.42 Å². The molecule has 1 aromatic rings. The lowest BCUT2D eigenvalue weighted by atomic mass is 9.76. The van der Waals surface area contributed by atoms with Crippen molar-refractivity contribution in [3.05, 3.63) is 47.7 Å². The highest BCUT2D eigenvalue weighted by Crippen LogP contribution is 2.38. The summed E-state index contributed by atoms with van der Waals surface area (Å²) in [5, 5.41) is 9.39. The van der Waals surface area contributed by atoms with E-state index in [0.717, 1.165) is 18.8 Å². The van der Waals surface area contributed by atoms with Crippen molar-refractivity contribution in [2.24, 2.45) is 11.8 Å². The fourth-order valence-corrected chi connectivity index (χ4v) is 3.51. The van der Waals surface area contributed by atoms with Crippen LogP contribution in [0.4, 0.5) is 0 Å². The number of benzene rings is 1. The van der Waals surface area contributed by atoms with Gasteiger partial charge in [-0.15, -0.1) is 0 Å². The molecule has 1 aliphatic carbocycles. The molecule has 1 N–H and O–H groups in total. The normalized spacial score (nSPS) is 22.9. The molecule has 2 rings (SSSR count). The van der Waals surface area contributed by atoms with Gasteiger partial charge in [0.1, 0.15) is 0 Å². The van der Waals surface area contributed by atoms with Crippen LogP contribution in [0.1, 0.15) is 63.0 Å². The van der Waals surface area contributed by atoms with E-state index < -0.39 is 0 Å². The van der Waals surface area contributed by atoms with Crippen molar-refractivity contribution in [2.75, 3.05) is 0 Å². The molecule has 2 unspecified atom stereocenters. The molecule has 1 nitrogen and oxygen atoms in total. The predicted octanol–water partition coefficient (Wildman–Crippen LogP) is 5.62. The first-order valence-corrected chi connectivity index (χ1v) is 8.00. The van der Waals surface area contributed by atoms with E-state index in [2.05, 4.69) is 44.7 Å². The predicted molar refractivity (Wildman–Crippen MR) is 86.1 cm³/mol. The van der Waals surface area contributed by atoms with Crippen LogP contribution in [0.15, 0.2) is 36.6 Å². The SMILES string of the molecule is C=C(O)CC1CCCC(c2ccc(CC(C)C)cc2)C1. The number of aliphatic hydroxyl groups excluding tert-OH is 1. The quantitative estimate of drug-likeness (QED) is 0.690. The summed E-state index contributed by atoms with van der Waals surface area (Å²) < 4.78 is 0. The van der Waals surface area contributed by atoms with Gasteiger partial charge < -0.3 is 5.11 Å². The van der Waals surface area contributed by atoms with Crippen molar-refractivity contribution in [1.29, 1.82) is 0 Å². The van der Waals surface area contributed by atoms with E-state index in [0.29, 0.717) is 17.6 Å². The summed E-state index contributed by atoms with van der Waals surface area (Å²) in [5.41, 5.74) is 2.92. The minimum Gasteiger partial charge on any atom is -0.513 e. The van der Waals surface area contributed by atoms with E-state index in [9.17, 15) is 5.11 Å². The summed E-state index contributed by atoms with van der Waals surface area (Å²) in [4.78, 5) is 0. The summed E-state index contributed by atoms with van der Waals surface area (Å²) in [7, 11) is 0. The van der Waals surface area contributed by atoms with Gasteiger partial charge in [-0.2, -0.15) is 0 Å². The van der Waals surface area contributed by atoms with Gasteiger partial charge in [-0.05, 0) is 54.6 Å². The Kier molecular flexibility index (Phi) is 5.28. The second-order valence-electron chi connectivity index (χ2n) is 6.84. The highest BCUT2D eigenvalue weighted by atomic mass is 16.3. The maximum absolute atomic E-state index is 9.39.